The average Bonchev–Trinajstić information content (AvgIpc) is 3.29. The smallest absolute Gasteiger partial charge is 0.462 e. The van der Waals surface area contributed by atoms with Crippen LogP contribution in [-0.2, 0) is 32.7 Å². The number of aliphatic hydroxyl groups is 5. The molecule has 1 saturated carbocycles. The summed E-state index contributed by atoms with van der Waals surface area (Å²) in [5, 5.41) is 50.2. The predicted octanol–water partition coefficient (Wildman–Crippen LogP) is 10.5. The minimum atomic E-state index is -5.13. The molecular formula is C51H89O13P. The molecule has 1 rings (SSSR count). The monoisotopic (exact) mass is 941 g/mol. The first-order valence-electron chi connectivity index (χ1n) is 25.1. The minimum Gasteiger partial charge on any atom is -0.462 e. The SMILES string of the molecule is CC/C=C\C/C=C\C/C=C\C/C=C\CCCCC(=O)OC(COC(=O)CCCCCCCCCCC/C=C\CCCCCCCCCC)COP(=O)(O)OC1C(O)C(O)C(O)C(O)C1O. The van der Waals surface area contributed by atoms with Gasteiger partial charge in [0.05, 0.1) is 6.61 Å². The molecule has 0 heterocycles. The molecule has 6 N–H and O–H groups in total. The van der Waals surface area contributed by atoms with Crippen LogP contribution in [0.5, 0.6) is 0 Å². The van der Waals surface area contributed by atoms with Crippen LogP contribution in [0.25, 0.3) is 0 Å². The third-order valence-electron chi connectivity index (χ3n) is 11.3. The maximum Gasteiger partial charge on any atom is 0.472 e. The second kappa shape index (κ2) is 40.6. The van der Waals surface area contributed by atoms with Gasteiger partial charge in [0, 0.05) is 12.8 Å². The summed E-state index contributed by atoms with van der Waals surface area (Å²) in [6, 6.07) is 0. The fourth-order valence-electron chi connectivity index (χ4n) is 7.33. The van der Waals surface area contributed by atoms with E-state index in [1.54, 1.807) is 0 Å². The van der Waals surface area contributed by atoms with Crippen LogP contribution in [0.4, 0.5) is 0 Å². The fourth-order valence-corrected chi connectivity index (χ4v) is 8.30. The van der Waals surface area contributed by atoms with E-state index in [2.05, 4.69) is 74.6 Å². The average molecular weight is 941 g/mol. The second-order valence-electron chi connectivity index (χ2n) is 17.3. The van der Waals surface area contributed by atoms with E-state index in [1.165, 1.54) is 83.5 Å². The first-order valence-corrected chi connectivity index (χ1v) is 26.6. The zero-order valence-corrected chi connectivity index (χ0v) is 40.9. The van der Waals surface area contributed by atoms with Gasteiger partial charge in [-0.3, -0.25) is 18.6 Å². The number of aliphatic hydroxyl groups excluding tert-OH is 5. The van der Waals surface area contributed by atoms with Gasteiger partial charge in [0.2, 0.25) is 0 Å². The molecule has 13 nitrogen and oxygen atoms in total. The number of hydrogen-bond acceptors (Lipinski definition) is 12. The van der Waals surface area contributed by atoms with Gasteiger partial charge in [-0.05, 0) is 77.0 Å². The summed E-state index contributed by atoms with van der Waals surface area (Å²) in [6.45, 7) is 3.16. The third-order valence-corrected chi connectivity index (χ3v) is 12.3. The van der Waals surface area contributed by atoms with E-state index in [4.69, 9.17) is 18.5 Å². The van der Waals surface area contributed by atoms with Crippen molar-refractivity contribution in [1.82, 2.24) is 0 Å². The highest BCUT2D eigenvalue weighted by Gasteiger charge is 2.51. The van der Waals surface area contributed by atoms with Gasteiger partial charge in [-0.1, -0.05) is 164 Å². The Kier molecular flexibility index (Phi) is 37.8. The lowest BCUT2D eigenvalue weighted by atomic mass is 9.85. The fraction of sp³-hybridized carbons (Fsp3) is 0.765. The Hall–Kier alpha value is -2.45. The molecule has 14 heteroatoms. The number of ether oxygens (including phenoxy) is 2. The molecule has 0 saturated heterocycles. The minimum absolute atomic E-state index is 0.0423. The van der Waals surface area contributed by atoms with Gasteiger partial charge >= 0.3 is 19.8 Å². The van der Waals surface area contributed by atoms with Crippen LogP contribution >= 0.6 is 7.82 Å². The van der Waals surface area contributed by atoms with Gasteiger partial charge in [0.1, 0.15) is 43.2 Å². The van der Waals surface area contributed by atoms with Crippen molar-refractivity contribution >= 4 is 19.8 Å². The molecule has 1 aliphatic carbocycles. The van der Waals surface area contributed by atoms with E-state index in [-0.39, 0.29) is 12.8 Å². The summed E-state index contributed by atoms with van der Waals surface area (Å²) in [4.78, 5) is 35.8. The van der Waals surface area contributed by atoms with Crippen molar-refractivity contribution in [1.29, 1.82) is 0 Å². The van der Waals surface area contributed by atoms with Crippen LogP contribution in [0.2, 0.25) is 0 Å². The van der Waals surface area contributed by atoms with Crippen molar-refractivity contribution in [3.8, 4) is 0 Å². The highest BCUT2D eigenvalue weighted by atomic mass is 31.2. The van der Waals surface area contributed by atoms with Crippen molar-refractivity contribution in [3.05, 3.63) is 60.8 Å². The van der Waals surface area contributed by atoms with Crippen LogP contribution in [0.3, 0.4) is 0 Å². The Morgan fingerprint density at radius 3 is 1.38 bits per heavy atom. The zero-order chi connectivity index (χ0) is 47.8. The lowest BCUT2D eigenvalue weighted by Gasteiger charge is -2.41. The number of esters is 2. The number of carbonyl (C=O) groups is 2. The Bertz CT molecular complexity index is 1370. The number of phosphoric acid groups is 1. The molecule has 6 atom stereocenters. The Morgan fingerprint density at radius 2 is 0.877 bits per heavy atom. The second-order valence-corrected chi connectivity index (χ2v) is 18.7. The molecule has 0 spiro atoms. The molecule has 0 aromatic rings. The van der Waals surface area contributed by atoms with Crippen molar-refractivity contribution in [2.75, 3.05) is 13.2 Å². The number of carbonyl (C=O) groups excluding carboxylic acids is 2. The van der Waals surface area contributed by atoms with E-state index in [0.717, 1.165) is 70.6 Å². The van der Waals surface area contributed by atoms with Crippen LogP contribution in [0, 0.1) is 0 Å². The molecule has 6 unspecified atom stereocenters. The van der Waals surface area contributed by atoms with Crippen molar-refractivity contribution in [2.45, 2.75) is 236 Å². The van der Waals surface area contributed by atoms with Gasteiger partial charge in [-0.15, -0.1) is 0 Å². The molecule has 0 aliphatic heterocycles. The van der Waals surface area contributed by atoms with Gasteiger partial charge in [0.15, 0.2) is 6.10 Å². The summed E-state index contributed by atoms with van der Waals surface area (Å²) in [7, 11) is -5.13. The largest absolute Gasteiger partial charge is 0.472 e. The van der Waals surface area contributed by atoms with E-state index in [0.29, 0.717) is 12.8 Å². The molecule has 65 heavy (non-hydrogen) atoms. The summed E-state index contributed by atoms with van der Waals surface area (Å²) in [5.41, 5.74) is 0. The van der Waals surface area contributed by atoms with Gasteiger partial charge < -0.3 is 39.9 Å². The van der Waals surface area contributed by atoms with E-state index >= 15 is 0 Å². The van der Waals surface area contributed by atoms with Crippen LogP contribution < -0.4 is 0 Å². The number of rotatable bonds is 41. The molecular weight excluding hydrogens is 852 g/mol. The molecule has 0 aromatic carbocycles. The molecule has 0 bridgehead atoms. The summed E-state index contributed by atoms with van der Waals surface area (Å²) < 4.78 is 33.5. The lowest BCUT2D eigenvalue weighted by Crippen LogP contribution is -2.64. The molecule has 0 aromatic heterocycles. The normalized spacial score (nSPS) is 21.9. The molecule has 0 radical (unpaired) electrons. The Balaban J connectivity index is 2.42. The maximum atomic E-state index is 12.8. The van der Waals surface area contributed by atoms with Crippen molar-refractivity contribution < 1.29 is 63.1 Å². The van der Waals surface area contributed by atoms with Crippen LogP contribution in [0.1, 0.15) is 194 Å². The molecule has 1 aliphatic rings. The third kappa shape index (κ3) is 32.8. The first-order chi connectivity index (χ1) is 31.4. The lowest BCUT2D eigenvalue weighted by molar-refractivity contribution is -0.220. The van der Waals surface area contributed by atoms with Crippen molar-refractivity contribution in [3.63, 3.8) is 0 Å². The summed E-state index contributed by atoms with van der Waals surface area (Å²) in [5.74, 6) is -1.15. The standard InChI is InChI=1S/C51H89O13P/c1-3-5-7-9-11-13-15-17-19-20-21-22-23-24-26-27-29-31-33-35-37-39-44(52)61-41-43(42-62-65(59,60)64-51-49(57)47(55)46(54)48(56)50(51)58)63-45(53)40-38-36-34-32-30-28-25-18-16-14-12-10-8-6-4-2/h6,8,12,14,18,20-21,25,30,32,43,46-51,54-58H,3-5,7,9-11,13,15-17,19,22-24,26-29,31,33-42H2,1-2H3,(H,59,60)/b8-6-,14-12-,21-20-,25-18-,32-30-. The first kappa shape index (κ1) is 60.6. The maximum absolute atomic E-state index is 12.8. The molecule has 0 amide bonds. The van der Waals surface area contributed by atoms with Gasteiger partial charge in [-0.25, -0.2) is 4.57 Å². The quantitative estimate of drug-likeness (QED) is 0.0146. The Labute approximate surface area is 392 Å². The van der Waals surface area contributed by atoms with Gasteiger partial charge in [-0.2, -0.15) is 0 Å². The van der Waals surface area contributed by atoms with Crippen LogP contribution in [-0.4, -0.2) is 98.3 Å². The van der Waals surface area contributed by atoms with Gasteiger partial charge in [0.25, 0.3) is 0 Å². The van der Waals surface area contributed by atoms with Crippen LogP contribution in [0.15, 0.2) is 60.8 Å². The predicted molar refractivity (Wildman–Crippen MR) is 258 cm³/mol. The molecule has 376 valence electrons. The van der Waals surface area contributed by atoms with E-state index < -0.39 is 75.7 Å². The molecule has 1 fully saturated rings. The summed E-state index contributed by atoms with van der Waals surface area (Å²) in [6.07, 6.45) is 37.1. The topological polar surface area (TPSA) is 210 Å². The van der Waals surface area contributed by atoms with E-state index in [9.17, 15) is 44.6 Å². The summed E-state index contributed by atoms with van der Waals surface area (Å²) >= 11 is 0. The number of phosphoric ester groups is 1. The number of hydrogen-bond donors (Lipinski definition) is 6. The van der Waals surface area contributed by atoms with Crippen molar-refractivity contribution in [2.24, 2.45) is 0 Å². The van der Waals surface area contributed by atoms with E-state index in [1.807, 2.05) is 0 Å². The highest BCUT2D eigenvalue weighted by molar-refractivity contribution is 7.47. The highest BCUT2D eigenvalue weighted by Crippen LogP contribution is 2.47. The number of unbranched alkanes of at least 4 members (excludes halogenated alkanes) is 19. The number of allylic oxidation sites excluding steroid dienone is 10. The zero-order valence-electron chi connectivity index (χ0n) is 40.0. The Morgan fingerprint density at radius 1 is 0.492 bits per heavy atom.